The van der Waals surface area contributed by atoms with Gasteiger partial charge in [0, 0.05) is 0 Å². The van der Waals surface area contributed by atoms with Gasteiger partial charge in [0.25, 0.3) is 0 Å². The summed E-state index contributed by atoms with van der Waals surface area (Å²) < 4.78 is 1.83. The molecule has 0 fully saturated rings. The third kappa shape index (κ3) is 4.25. The molecule has 4 rings (SSSR count). The molecular formula is C22H21N6OTl. The van der Waals surface area contributed by atoms with E-state index in [9.17, 15) is 4.79 Å². The topological polar surface area (TPSA) is 89.3 Å². The van der Waals surface area contributed by atoms with Gasteiger partial charge >= 0.3 is 165 Å². The zero-order chi connectivity index (χ0) is 21.1. The van der Waals surface area contributed by atoms with Crippen molar-refractivity contribution in [2.24, 2.45) is 0 Å². The quantitative estimate of drug-likeness (QED) is 0.350. The predicted molar refractivity (Wildman–Crippen MR) is 116 cm³/mol. The van der Waals surface area contributed by atoms with Crippen LogP contribution in [0.1, 0.15) is 36.0 Å². The Morgan fingerprint density at radius 3 is 2.47 bits per heavy atom. The first-order valence-electron chi connectivity index (χ1n) is 9.87. The van der Waals surface area contributed by atoms with E-state index in [2.05, 4.69) is 62.7 Å². The second kappa shape index (κ2) is 8.99. The van der Waals surface area contributed by atoms with Crippen LogP contribution in [0.5, 0.6) is 0 Å². The molecule has 8 heteroatoms. The summed E-state index contributed by atoms with van der Waals surface area (Å²) >= 11 is 0.494. The summed E-state index contributed by atoms with van der Waals surface area (Å²) in [5.74, 6) is 1.46. The number of aromatic nitrogens is 6. The van der Waals surface area contributed by atoms with Gasteiger partial charge in [0.05, 0.1) is 0 Å². The molecule has 0 aliphatic heterocycles. The van der Waals surface area contributed by atoms with Crippen LogP contribution >= 0.6 is 0 Å². The van der Waals surface area contributed by atoms with Crippen molar-refractivity contribution < 1.29 is 0 Å². The van der Waals surface area contributed by atoms with E-state index in [4.69, 9.17) is 0 Å². The molecule has 2 aromatic heterocycles. The number of hydrogen-bond donors (Lipinski definition) is 1. The van der Waals surface area contributed by atoms with Gasteiger partial charge in [-0.2, -0.15) is 0 Å². The Morgan fingerprint density at radius 1 is 1.07 bits per heavy atom. The Morgan fingerprint density at radius 2 is 1.80 bits per heavy atom. The van der Waals surface area contributed by atoms with Crippen LogP contribution in [0.3, 0.4) is 0 Å². The Bertz CT molecular complexity index is 1230. The Kier molecular flexibility index (Phi) is 6.16. The van der Waals surface area contributed by atoms with Crippen LogP contribution in [0.4, 0.5) is 0 Å². The van der Waals surface area contributed by atoms with Crippen molar-refractivity contribution in [1.29, 1.82) is 0 Å². The van der Waals surface area contributed by atoms with E-state index >= 15 is 0 Å². The summed E-state index contributed by atoms with van der Waals surface area (Å²) in [6.07, 6.45) is 2.33. The Labute approximate surface area is 190 Å². The van der Waals surface area contributed by atoms with E-state index in [1.807, 2.05) is 27.6 Å². The van der Waals surface area contributed by atoms with Crippen LogP contribution in [0.25, 0.3) is 22.5 Å². The van der Waals surface area contributed by atoms with Crippen molar-refractivity contribution in [3.63, 3.8) is 0 Å². The number of nitrogens with one attached hydrogen (secondary N) is 1. The van der Waals surface area contributed by atoms with Gasteiger partial charge in [-0.3, -0.25) is 0 Å². The first kappa shape index (κ1) is 20.6. The standard InChI is InChI=1S/C22H22N6O.Tl/c1-3-6-20-19(22(29)24-14(2)23-20)13-15-9-11-16(12-10-15)17-7-4-5-8-18(17)21-25-27-28-26-21;/h4-5,7-12H,3,6,13H2,1-2H3,(H2,23,24,25,26,27,28,29);/q;+1/p-1. The van der Waals surface area contributed by atoms with E-state index in [1.54, 1.807) is 0 Å². The molecule has 0 radical (unpaired) electrons. The van der Waals surface area contributed by atoms with Crippen molar-refractivity contribution in [1.82, 2.24) is 28.0 Å². The minimum absolute atomic E-state index is 0.0415. The predicted octanol–water partition coefficient (Wildman–Crippen LogP) is 2.87. The van der Waals surface area contributed by atoms with Crippen molar-refractivity contribution in [2.45, 2.75) is 33.1 Å². The van der Waals surface area contributed by atoms with Crippen LogP contribution in [-0.2, 0) is 12.8 Å². The summed E-state index contributed by atoms with van der Waals surface area (Å²) in [6.45, 7) is 3.93. The normalized spacial score (nSPS) is 11.0. The molecule has 0 aliphatic carbocycles. The van der Waals surface area contributed by atoms with E-state index < -0.39 is 0 Å². The van der Waals surface area contributed by atoms with Gasteiger partial charge in [0.15, 0.2) is 0 Å². The van der Waals surface area contributed by atoms with Crippen LogP contribution in [0.15, 0.2) is 53.3 Å². The second-order valence-corrected chi connectivity index (χ2v) is 9.09. The van der Waals surface area contributed by atoms with E-state index in [0.717, 1.165) is 52.2 Å². The SMILES string of the molecule is CCCc1nc(C)[nH]c(=O)c1Cc1ccc(-c2ccccc2-c2nnn[n]2[Tl])cc1. The fourth-order valence-corrected chi connectivity index (χ4v) is 4.52. The first-order valence-corrected chi connectivity index (χ1v) is 11.9. The molecular weight excluding hydrogens is 569 g/mol. The van der Waals surface area contributed by atoms with E-state index in [1.165, 1.54) is 0 Å². The first-order chi connectivity index (χ1) is 14.6. The third-order valence-corrected chi connectivity index (χ3v) is 6.37. The van der Waals surface area contributed by atoms with Gasteiger partial charge in [-0.15, -0.1) is 0 Å². The van der Waals surface area contributed by atoms with Gasteiger partial charge in [0.2, 0.25) is 0 Å². The van der Waals surface area contributed by atoms with Gasteiger partial charge in [-0.25, -0.2) is 0 Å². The maximum absolute atomic E-state index is 12.5. The summed E-state index contributed by atoms with van der Waals surface area (Å²) in [4.78, 5) is 19.9. The van der Waals surface area contributed by atoms with Gasteiger partial charge in [-0.1, -0.05) is 13.3 Å². The molecule has 1 N–H and O–H groups in total. The molecule has 148 valence electrons. The van der Waals surface area contributed by atoms with Crippen molar-refractivity contribution in [3.8, 4) is 22.5 Å². The molecule has 0 spiro atoms. The van der Waals surface area contributed by atoms with Crippen LogP contribution in [-0.4, -0.2) is 54.1 Å². The summed E-state index contributed by atoms with van der Waals surface area (Å²) in [7, 11) is 0. The molecule has 30 heavy (non-hydrogen) atoms. The number of H-pyrrole nitrogens is 1. The number of rotatable bonds is 6. The molecule has 0 unspecified atom stereocenters. The van der Waals surface area contributed by atoms with Crippen molar-refractivity contribution in [2.75, 3.05) is 0 Å². The van der Waals surface area contributed by atoms with Crippen molar-refractivity contribution in [3.05, 3.63) is 81.5 Å². The van der Waals surface area contributed by atoms with Crippen LogP contribution in [0, 0.1) is 6.92 Å². The van der Waals surface area contributed by atoms with E-state index in [-0.39, 0.29) is 5.56 Å². The molecule has 0 amide bonds. The van der Waals surface area contributed by atoms with E-state index in [0.29, 0.717) is 38.3 Å². The van der Waals surface area contributed by atoms with Crippen molar-refractivity contribution >= 4 is 26.1 Å². The van der Waals surface area contributed by atoms with Gasteiger partial charge in [0.1, 0.15) is 5.82 Å². The summed E-state index contributed by atoms with van der Waals surface area (Å²) in [6, 6.07) is 16.5. The molecule has 0 bridgehead atoms. The number of aromatic amines is 1. The molecule has 4 aromatic rings. The molecule has 2 heterocycles. The molecule has 2 aromatic carbocycles. The monoisotopic (exact) mass is 590 g/mol. The number of tetrazole rings is 1. The maximum atomic E-state index is 12.5. The molecule has 0 atom stereocenters. The van der Waals surface area contributed by atoms with Gasteiger partial charge in [-0.05, 0) is 6.92 Å². The number of nitrogens with zero attached hydrogens (tertiary/aromatic N) is 5. The number of hydrogen-bond acceptors (Lipinski definition) is 5. The van der Waals surface area contributed by atoms with Gasteiger partial charge < -0.3 is 0 Å². The summed E-state index contributed by atoms with van der Waals surface area (Å²) in [5.41, 5.74) is 5.88. The Balaban J connectivity index is 1.66. The summed E-state index contributed by atoms with van der Waals surface area (Å²) in [5, 5.41) is 12.0. The fourth-order valence-electron chi connectivity index (χ4n) is 3.60. The average molecular weight is 590 g/mol. The van der Waals surface area contributed by atoms with Crippen LogP contribution in [0.2, 0.25) is 0 Å². The fraction of sp³-hybridized carbons (Fsp3) is 0.227. The average Bonchev–Trinajstić information content (AvgIpc) is 3.17. The third-order valence-electron chi connectivity index (χ3n) is 5.01. The molecule has 7 nitrogen and oxygen atoms in total. The second-order valence-electron chi connectivity index (χ2n) is 7.19. The number of aryl methyl sites for hydroxylation is 2. The zero-order valence-corrected chi connectivity index (χ0v) is 21.5. The molecule has 0 aliphatic rings. The minimum atomic E-state index is -0.0415. The molecule has 0 saturated carbocycles. The number of benzene rings is 2. The van der Waals surface area contributed by atoms with Crippen LogP contribution < -0.4 is 5.56 Å². The zero-order valence-electron chi connectivity index (χ0n) is 17.0. The Hall–Kier alpha value is -2.69. The molecule has 0 saturated heterocycles.